The van der Waals surface area contributed by atoms with Crippen LogP contribution in [0.4, 0.5) is 0 Å². The second-order valence-electron chi connectivity index (χ2n) is 8.66. The standard InChI is InChI=1S/C24H29Cl2N3O3S/c1-2-32-18-13-11-15(12-14-18)21(23(30)27-16-7-3-4-8-16)29(17-9-5-6-10-17)24(31)20-19(25)22(26)33-28-20/h11-14,16-17,21H,2-10H2,1H3,(H,27,30)/t21-/m0/s1. The summed E-state index contributed by atoms with van der Waals surface area (Å²) < 4.78 is 10.1. The van der Waals surface area contributed by atoms with Crippen molar-refractivity contribution in [3.05, 3.63) is 44.9 Å². The van der Waals surface area contributed by atoms with E-state index in [-0.39, 0.29) is 39.0 Å². The predicted molar refractivity (Wildman–Crippen MR) is 131 cm³/mol. The molecule has 178 valence electrons. The summed E-state index contributed by atoms with van der Waals surface area (Å²) in [5, 5.41) is 3.36. The number of carbonyl (C=O) groups excluding carboxylic acids is 2. The maximum atomic E-state index is 13.8. The summed E-state index contributed by atoms with van der Waals surface area (Å²) in [5.74, 6) is 0.212. The van der Waals surface area contributed by atoms with Crippen LogP contribution in [0.2, 0.25) is 9.36 Å². The minimum absolute atomic E-state index is 0.0695. The van der Waals surface area contributed by atoms with Crippen molar-refractivity contribution >= 4 is 46.5 Å². The number of benzene rings is 1. The van der Waals surface area contributed by atoms with E-state index in [4.69, 9.17) is 27.9 Å². The fraction of sp³-hybridized carbons (Fsp3) is 0.542. The number of rotatable bonds is 8. The van der Waals surface area contributed by atoms with Crippen molar-refractivity contribution in [2.24, 2.45) is 0 Å². The van der Waals surface area contributed by atoms with E-state index < -0.39 is 6.04 Å². The number of ether oxygens (including phenoxy) is 1. The smallest absolute Gasteiger partial charge is 0.276 e. The molecule has 2 aliphatic rings. The zero-order chi connectivity index (χ0) is 23.4. The number of nitrogens with one attached hydrogen (secondary N) is 1. The second-order valence-corrected chi connectivity index (χ2v) is 10.4. The first-order valence-corrected chi connectivity index (χ1v) is 13.2. The van der Waals surface area contributed by atoms with E-state index in [1.165, 1.54) is 0 Å². The monoisotopic (exact) mass is 509 g/mol. The van der Waals surface area contributed by atoms with Crippen LogP contribution in [0.5, 0.6) is 5.75 Å². The third-order valence-corrected chi connectivity index (χ3v) is 8.10. The number of halogens is 2. The highest BCUT2D eigenvalue weighted by atomic mass is 35.5. The Morgan fingerprint density at radius 2 is 1.76 bits per heavy atom. The molecule has 2 aromatic rings. The summed E-state index contributed by atoms with van der Waals surface area (Å²) in [7, 11) is 0. The summed E-state index contributed by atoms with van der Waals surface area (Å²) in [6.07, 6.45) is 7.85. The first kappa shape index (κ1) is 24.3. The van der Waals surface area contributed by atoms with Crippen LogP contribution in [0.25, 0.3) is 0 Å². The van der Waals surface area contributed by atoms with Gasteiger partial charge in [-0.1, -0.05) is 61.0 Å². The lowest BCUT2D eigenvalue weighted by Gasteiger charge is -2.36. The lowest BCUT2D eigenvalue weighted by Crippen LogP contribution is -2.49. The average molecular weight is 510 g/mol. The van der Waals surface area contributed by atoms with Crippen LogP contribution in [0.1, 0.15) is 80.4 Å². The number of hydrogen-bond acceptors (Lipinski definition) is 5. The van der Waals surface area contributed by atoms with E-state index in [0.29, 0.717) is 6.61 Å². The quantitative estimate of drug-likeness (QED) is 0.471. The molecule has 2 saturated carbocycles. The Bertz CT molecular complexity index is 970. The van der Waals surface area contributed by atoms with Crippen molar-refractivity contribution in [1.29, 1.82) is 0 Å². The molecule has 1 atom stereocenters. The number of carbonyl (C=O) groups is 2. The number of aromatic nitrogens is 1. The van der Waals surface area contributed by atoms with Gasteiger partial charge in [0.2, 0.25) is 5.91 Å². The Morgan fingerprint density at radius 1 is 1.12 bits per heavy atom. The summed E-state index contributed by atoms with van der Waals surface area (Å²) in [5.41, 5.74) is 0.856. The van der Waals surface area contributed by atoms with Gasteiger partial charge in [-0.3, -0.25) is 9.59 Å². The Labute approximate surface area is 208 Å². The van der Waals surface area contributed by atoms with Crippen LogP contribution < -0.4 is 10.1 Å². The fourth-order valence-electron chi connectivity index (χ4n) is 4.89. The molecule has 1 heterocycles. The average Bonchev–Trinajstić information content (AvgIpc) is 3.57. The van der Waals surface area contributed by atoms with Crippen LogP contribution in [0.3, 0.4) is 0 Å². The Morgan fingerprint density at radius 3 is 2.33 bits per heavy atom. The third-order valence-electron chi connectivity index (χ3n) is 6.49. The molecule has 4 rings (SSSR count). The maximum absolute atomic E-state index is 13.8. The summed E-state index contributed by atoms with van der Waals surface area (Å²) in [6, 6.07) is 6.72. The van der Waals surface area contributed by atoms with Crippen LogP contribution in [0, 0.1) is 0 Å². The minimum Gasteiger partial charge on any atom is -0.494 e. The summed E-state index contributed by atoms with van der Waals surface area (Å²) in [4.78, 5) is 29.2. The molecule has 0 radical (unpaired) electrons. The van der Waals surface area contributed by atoms with E-state index in [9.17, 15) is 9.59 Å². The van der Waals surface area contributed by atoms with Gasteiger partial charge in [-0.25, -0.2) is 0 Å². The molecule has 9 heteroatoms. The molecule has 0 spiro atoms. The zero-order valence-electron chi connectivity index (χ0n) is 18.7. The lowest BCUT2D eigenvalue weighted by atomic mass is 9.99. The molecular formula is C24H29Cl2N3O3S. The first-order chi connectivity index (χ1) is 16.0. The largest absolute Gasteiger partial charge is 0.494 e. The highest BCUT2D eigenvalue weighted by Crippen LogP contribution is 2.37. The van der Waals surface area contributed by atoms with Crippen molar-refractivity contribution in [2.75, 3.05) is 6.61 Å². The van der Waals surface area contributed by atoms with Crippen molar-refractivity contribution in [3.8, 4) is 5.75 Å². The topological polar surface area (TPSA) is 71.5 Å². The van der Waals surface area contributed by atoms with E-state index in [1.807, 2.05) is 31.2 Å². The molecule has 0 bridgehead atoms. The molecule has 1 N–H and O–H groups in total. The van der Waals surface area contributed by atoms with Gasteiger partial charge in [0, 0.05) is 12.1 Å². The molecule has 2 fully saturated rings. The van der Waals surface area contributed by atoms with Crippen LogP contribution in [-0.2, 0) is 4.79 Å². The van der Waals surface area contributed by atoms with Crippen molar-refractivity contribution in [2.45, 2.75) is 76.4 Å². The molecule has 2 amide bonds. The predicted octanol–water partition coefficient (Wildman–Crippen LogP) is 6.03. The summed E-state index contributed by atoms with van der Waals surface area (Å²) in [6.45, 7) is 2.48. The molecule has 1 aromatic carbocycles. The lowest BCUT2D eigenvalue weighted by molar-refractivity contribution is -0.127. The number of amides is 2. The number of nitrogens with zero attached hydrogens (tertiary/aromatic N) is 2. The van der Waals surface area contributed by atoms with Gasteiger partial charge in [0.15, 0.2) is 5.69 Å². The molecule has 1 aromatic heterocycles. The molecular weight excluding hydrogens is 481 g/mol. The normalized spacial score (nSPS) is 17.8. The Balaban J connectivity index is 1.73. The molecule has 0 aliphatic heterocycles. The number of hydrogen-bond donors (Lipinski definition) is 1. The van der Waals surface area contributed by atoms with E-state index >= 15 is 0 Å². The first-order valence-electron chi connectivity index (χ1n) is 11.7. The van der Waals surface area contributed by atoms with Gasteiger partial charge in [-0.2, -0.15) is 4.37 Å². The van der Waals surface area contributed by atoms with Crippen LogP contribution >= 0.6 is 34.7 Å². The minimum atomic E-state index is -0.784. The Kier molecular flexibility index (Phi) is 8.15. The molecule has 0 unspecified atom stereocenters. The highest BCUT2D eigenvalue weighted by molar-refractivity contribution is 7.11. The molecule has 2 aliphatic carbocycles. The zero-order valence-corrected chi connectivity index (χ0v) is 21.0. The fourth-order valence-corrected chi connectivity index (χ4v) is 5.88. The summed E-state index contributed by atoms with van der Waals surface area (Å²) >= 11 is 13.4. The van der Waals surface area contributed by atoms with Gasteiger partial charge in [0.05, 0.1) is 6.61 Å². The van der Waals surface area contributed by atoms with Gasteiger partial charge >= 0.3 is 0 Å². The van der Waals surface area contributed by atoms with Crippen LogP contribution in [-0.4, -0.2) is 39.8 Å². The maximum Gasteiger partial charge on any atom is 0.276 e. The second kappa shape index (κ2) is 11.1. The molecule has 0 saturated heterocycles. The SMILES string of the molecule is CCOc1ccc([C@@H](C(=O)NC2CCCC2)N(C(=O)c2nsc(Cl)c2Cl)C2CCCC2)cc1. The molecule has 6 nitrogen and oxygen atoms in total. The van der Waals surface area contributed by atoms with Gasteiger partial charge in [0.1, 0.15) is 21.2 Å². The van der Waals surface area contributed by atoms with Gasteiger partial charge < -0.3 is 15.0 Å². The van der Waals surface area contributed by atoms with E-state index in [1.54, 1.807) is 4.90 Å². The van der Waals surface area contributed by atoms with Crippen molar-refractivity contribution < 1.29 is 14.3 Å². The molecule has 33 heavy (non-hydrogen) atoms. The van der Waals surface area contributed by atoms with Crippen molar-refractivity contribution in [3.63, 3.8) is 0 Å². The van der Waals surface area contributed by atoms with E-state index in [0.717, 1.165) is 74.2 Å². The van der Waals surface area contributed by atoms with Gasteiger partial charge in [-0.15, -0.1) is 0 Å². The highest BCUT2D eigenvalue weighted by Gasteiger charge is 2.40. The van der Waals surface area contributed by atoms with Crippen molar-refractivity contribution in [1.82, 2.24) is 14.6 Å². The van der Waals surface area contributed by atoms with E-state index in [2.05, 4.69) is 9.69 Å². The van der Waals surface area contributed by atoms with Gasteiger partial charge in [0.25, 0.3) is 5.91 Å². The van der Waals surface area contributed by atoms with Crippen LogP contribution in [0.15, 0.2) is 24.3 Å². The third kappa shape index (κ3) is 5.47. The Hall–Kier alpha value is -1.83. The van der Waals surface area contributed by atoms with Gasteiger partial charge in [-0.05, 0) is 61.8 Å².